The van der Waals surface area contributed by atoms with E-state index in [0.29, 0.717) is 5.02 Å². The van der Waals surface area contributed by atoms with Gasteiger partial charge in [-0.05, 0) is 31.4 Å². The van der Waals surface area contributed by atoms with Crippen LogP contribution < -0.4 is 0 Å². The van der Waals surface area contributed by atoms with E-state index in [-0.39, 0.29) is 0 Å². The molecule has 1 heterocycles. The van der Waals surface area contributed by atoms with Gasteiger partial charge < -0.3 is 5.11 Å². The largest absolute Gasteiger partial charge is 0.385 e. The Hall–Kier alpha value is -1.06. The molecule has 2 N–H and O–H groups in total. The standard InChI is InChI=1S/C11H11ClN2O/c12-8-4-7-6-13-14-10(7)9(5-8)11(15)2-1-3-11/h4-6,15H,1-3H2,(H,13,14). The molecule has 0 bridgehead atoms. The molecule has 4 heteroatoms. The van der Waals surface area contributed by atoms with Gasteiger partial charge in [0.2, 0.25) is 0 Å². The van der Waals surface area contributed by atoms with Crippen molar-refractivity contribution >= 4 is 22.5 Å². The molecule has 0 spiro atoms. The Morgan fingerprint density at radius 3 is 2.87 bits per heavy atom. The molecule has 1 aliphatic carbocycles. The van der Waals surface area contributed by atoms with Crippen molar-refractivity contribution in [2.45, 2.75) is 24.9 Å². The Kier molecular flexibility index (Phi) is 1.82. The Bertz CT molecular complexity index is 516. The van der Waals surface area contributed by atoms with Gasteiger partial charge in [-0.15, -0.1) is 0 Å². The van der Waals surface area contributed by atoms with Gasteiger partial charge in [-0.25, -0.2) is 0 Å². The second kappa shape index (κ2) is 2.97. The molecule has 3 nitrogen and oxygen atoms in total. The van der Waals surface area contributed by atoms with Gasteiger partial charge in [0.15, 0.2) is 0 Å². The normalized spacial score (nSPS) is 19.1. The zero-order chi connectivity index (χ0) is 10.5. The third-order valence-electron chi connectivity index (χ3n) is 3.20. The summed E-state index contributed by atoms with van der Waals surface area (Å²) < 4.78 is 0. The number of benzene rings is 1. The van der Waals surface area contributed by atoms with E-state index in [4.69, 9.17) is 11.6 Å². The van der Waals surface area contributed by atoms with Crippen LogP contribution in [0.25, 0.3) is 10.9 Å². The minimum Gasteiger partial charge on any atom is -0.385 e. The second-order valence-corrected chi connectivity index (χ2v) is 4.61. The molecule has 78 valence electrons. The zero-order valence-corrected chi connectivity index (χ0v) is 8.88. The molecule has 3 rings (SSSR count). The Morgan fingerprint density at radius 1 is 1.40 bits per heavy atom. The van der Waals surface area contributed by atoms with Gasteiger partial charge in [-0.2, -0.15) is 5.10 Å². The van der Waals surface area contributed by atoms with Crippen LogP contribution in [0.1, 0.15) is 24.8 Å². The summed E-state index contributed by atoms with van der Waals surface area (Å²) in [6, 6.07) is 3.69. The first kappa shape index (κ1) is 9.19. The molecular weight excluding hydrogens is 212 g/mol. The predicted octanol–water partition coefficient (Wildman–Crippen LogP) is 2.59. The van der Waals surface area contributed by atoms with E-state index in [0.717, 1.165) is 35.7 Å². The van der Waals surface area contributed by atoms with E-state index in [2.05, 4.69) is 10.2 Å². The van der Waals surface area contributed by atoms with Crippen molar-refractivity contribution in [1.82, 2.24) is 10.2 Å². The third kappa shape index (κ3) is 1.27. The Balaban J connectivity index is 2.28. The number of nitrogens with zero attached hydrogens (tertiary/aromatic N) is 1. The van der Waals surface area contributed by atoms with Gasteiger partial charge >= 0.3 is 0 Å². The first-order valence-corrected chi connectivity index (χ1v) is 5.42. The molecule has 1 aromatic heterocycles. The first-order chi connectivity index (χ1) is 7.19. The highest BCUT2D eigenvalue weighted by Gasteiger charge is 2.38. The topological polar surface area (TPSA) is 48.9 Å². The smallest absolute Gasteiger partial charge is 0.0917 e. The van der Waals surface area contributed by atoms with E-state index in [1.165, 1.54) is 0 Å². The Morgan fingerprint density at radius 2 is 2.20 bits per heavy atom. The summed E-state index contributed by atoms with van der Waals surface area (Å²) in [5.41, 5.74) is 1.09. The number of aromatic nitrogens is 2. The molecule has 1 saturated carbocycles. The van der Waals surface area contributed by atoms with E-state index < -0.39 is 5.60 Å². The number of halogens is 1. The van der Waals surface area contributed by atoms with E-state index in [1.54, 1.807) is 6.20 Å². The fourth-order valence-corrected chi connectivity index (χ4v) is 2.40. The number of aromatic amines is 1. The van der Waals surface area contributed by atoms with E-state index in [1.807, 2.05) is 12.1 Å². The van der Waals surface area contributed by atoms with Crippen LogP contribution in [0, 0.1) is 0 Å². The molecule has 0 amide bonds. The maximum atomic E-state index is 10.3. The van der Waals surface area contributed by atoms with Crippen molar-refractivity contribution in [3.8, 4) is 0 Å². The lowest BCUT2D eigenvalue weighted by atomic mass is 9.74. The zero-order valence-electron chi connectivity index (χ0n) is 8.13. The lowest BCUT2D eigenvalue weighted by Crippen LogP contribution is -2.33. The highest BCUT2D eigenvalue weighted by Crippen LogP contribution is 2.44. The van der Waals surface area contributed by atoms with E-state index in [9.17, 15) is 5.11 Å². The van der Waals surface area contributed by atoms with Crippen LogP contribution in [0.4, 0.5) is 0 Å². The number of H-pyrrole nitrogens is 1. The molecule has 1 aliphatic rings. The fourth-order valence-electron chi connectivity index (χ4n) is 2.17. The highest BCUT2D eigenvalue weighted by molar-refractivity contribution is 6.31. The summed E-state index contributed by atoms with van der Waals surface area (Å²) in [5, 5.41) is 18.8. The molecule has 1 fully saturated rings. The van der Waals surface area contributed by atoms with Crippen LogP contribution in [-0.2, 0) is 5.60 Å². The Labute approximate surface area is 92.1 Å². The average molecular weight is 223 g/mol. The fraction of sp³-hybridized carbons (Fsp3) is 0.364. The molecule has 0 aliphatic heterocycles. The van der Waals surface area contributed by atoms with Crippen LogP contribution >= 0.6 is 11.6 Å². The minimum atomic E-state index is -0.699. The molecule has 15 heavy (non-hydrogen) atoms. The molecular formula is C11H11ClN2O. The van der Waals surface area contributed by atoms with Crippen LogP contribution in [0.3, 0.4) is 0 Å². The maximum absolute atomic E-state index is 10.3. The molecule has 0 radical (unpaired) electrons. The summed E-state index contributed by atoms with van der Waals surface area (Å²) in [6.45, 7) is 0. The van der Waals surface area contributed by atoms with E-state index >= 15 is 0 Å². The SMILES string of the molecule is OC1(c2cc(Cl)cc3cn[nH]c23)CCC1. The molecule has 2 aromatic rings. The second-order valence-electron chi connectivity index (χ2n) is 4.17. The lowest BCUT2D eigenvalue weighted by Gasteiger charge is -2.37. The summed E-state index contributed by atoms with van der Waals surface area (Å²) in [6.07, 6.45) is 4.41. The summed E-state index contributed by atoms with van der Waals surface area (Å²) >= 11 is 6.02. The van der Waals surface area contributed by atoms with Crippen LogP contribution in [0.15, 0.2) is 18.3 Å². The summed E-state index contributed by atoms with van der Waals surface area (Å²) in [5.74, 6) is 0. The maximum Gasteiger partial charge on any atom is 0.0917 e. The van der Waals surface area contributed by atoms with Crippen molar-refractivity contribution in [2.24, 2.45) is 0 Å². The number of rotatable bonds is 1. The summed E-state index contributed by atoms with van der Waals surface area (Å²) in [4.78, 5) is 0. The van der Waals surface area contributed by atoms with Crippen LogP contribution in [0.5, 0.6) is 0 Å². The van der Waals surface area contributed by atoms with Gasteiger partial charge in [0.05, 0.1) is 17.3 Å². The van der Waals surface area contributed by atoms with Gasteiger partial charge in [0, 0.05) is 16.0 Å². The number of hydrogen-bond acceptors (Lipinski definition) is 2. The molecule has 0 atom stereocenters. The highest BCUT2D eigenvalue weighted by atomic mass is 35.5. The van der Waals surface area contributed by atoms with Crippen LogP contribution in [-0.4, -0.2) is 15.3 Å². The number of aliphatic hydroxyl groups is 1. The van der Waals surface area contributed by atoms with Crippen LogP contribution in [0.2, 0.25) is 5.02 Å². The monoisotopic (exact) mass is 222 g/mol. The van der Waals surface area contributed by atoms with Crippen molar-refractivity contribution in [3.05, 3.63) is 28.9 Å². The first-order valence-electron chi connectivity index (χ1n) is 5.04. The van der Waals surface area contributed by atoms with Gasteiger partial charge in [-0.3, -0.25) is 5.10 Å². The van der Waals surface area contributed by atoms with Crippen molar-refractivity contribution in [3.63, 3.8) is 0 Å². The third-order valence-corrected chi connectivity index (χ3v) is 3.41. The quantitative estimate of drug-likeness (QED) is 0.779. The van der Waals surface area contributed by atoms with Gasteiger partial charge in [-0.1, -0.05) is 11.6 Å². The minimum absolute atomic E-state index is 0.652. The lowest BCUT2D eigenvalue weighted by molar-refractivity contribution is -0.0375. The van der Waals surface area contributed by atoms with Crippen molar-refractivity contribution < 1.29 is 5.11 Å². The van der Waals surface area contributed by atoms with Crippen molar-refractivity contribution in [1.29, 1.82) is 0 Å². The summed E-state index contributed by atoms with van der Waals surface area (Å²) in [7, 11) is 0. The van der Waals surface area contributed by atoms with Gasteiger partial charge in [0.1, 0.15) is 0 Å². The predicted molar refractivity (Wildman–Crippen MR) is 58.9 cm³/mol. The average Bonchev–Trinajstić information content (AvgIpc) is 2.60. The number of nitrogens with one attached hydrogen (secondary N) is 1. The molecule has 1 aromatic carbocycles. The van der Waals surface area contributed by atoms with Crippen molar-refractivity contribution in [2.75, 3.05) is 0 Å². The molecule has 0 saturated heterocycles. The number of fused-ring (bicyclic) bond motifs is 1. The number of hydrogen-bond donors (Lipinski definition) is 2. The van der Waals surface area contributed by atoms with Gasteiger partial charge in [0.25, 0.3) is 0 Å². The molecule has 0 unspecified atom stereocenters.